The van der Waals surface area contributed by atoms with Gasteiger partial charge in [0.25, 0.3) is 0 Å². The van der Waals surface area contributed by atoms with Gasteiger partial charge in [-0.15, -0.1) is 0 Å². The van der Waals surface area contributed by atoms with Gasteiger partial charge in [-0.1, -0.05) is 12.1 Å². The normalized spacial score (nSPS) is 13.8. The number of benzene rings is 2. The highest BCUT2D eigenvalue weighted by molar-refractivity contribution is 6.39. The lowest BCUT2D eigenvalue weighted by molar-refractivity contribution is 0.111. The molecule has 0 spiro atoms. The van der Waals surface area contributed by atoms with Crippen molar-refractivity contribution >= 4 is 40.7 Å². The smallest absolute Gasteiger partial charge is 0.151 e. The highest BCUT2D eigenvalue weighted by Gasteiger charge is 2.30. The van der Waals surface area contributed by atoms with Gasteiger partial charge in [-0.3, -0.25) is 14.5 Å². The maximum atomic E-state index is 15.3. The van der Waals surface area contributed by atoms with E-state index in [-0.39, 0.29) is 28.9 Å². The highest BCUT2D eigenvalue weighted by atomic mass is 19.1. The van der Waals surface area contributed by atoms with Crippen molar-refractivity contribution in [2.75, 3.05) is 7.05 Å². The first-order chi connectivity index (χ1) is 16.8. The molecule has 2 aromatic carbocycles. The summed E-state index contributed by atoms with van der Waals surface area (Å²) in [6.45, 7) is 1.13. The molecule has 0 amide bonds. The summed E-state index contributed by atoms with van der Waals surface area (Å²) in [5.74, 6) is -1.62. The summed E-state index contributed by atoms with van der Waals surface area (Å²) in [6, 6.07) is 8.69. The number of aryl methyl sites for hydroxylation is 1. The first kappa shape index (κ1) is 25.8. The summed E-state index contributed by atoms with van der Waals surface area (Å²) in [7, 11) is 21.5. The molecule has 2 aromatic heterocycles. The van der Waals surface area contributed by atoms with Gasteiger partial charge in [-0.2, -0.15) is 5.10 Å². The molecule has 4 aromatic rings. The van der Waals surface area contributed by atoms with E-state index in [1.165, 1.54) is 47.9 Å². The fraction of sp³-hybridized carbons (Fsp3) is 0.240. The zero-order chi connectivity index (χ0) is 26.4. The van der Waals surface area contributed by atoms with E-state index in [1.807, 2.05) is 0 Å². The molecule has 0 saturated carbocycles. The Kier molecular flexibility index (Phi) is 6.66. The number of pyridine rings is 1. The lowest BCUT2D eigenvalue weighted by Crippen LogP contribution is -2.46. The number of hydrogen-bond donors (Lipinski definition) is 1. The van der Waals surface area contributed by atoms with Crippen LogP contribution in [0.5, 0.6) is 0 Å². The van der Waals surface area contributed by atoms with Crippen LogP contribution in [-0.2, 0) is 24.4 Å². The van der Waals surface area contributed by atoms with Gasteiger partial charge in [-0.25, -0.2) is 8.78 Å². The maximum absolute atomic E-state index is 15.3. The molecule has 1 N–H and O–H groups in total. The highest BCUT2D eigenvalue weighted by Crippen LogP contribution is 2.35. The minimum absolute atomic E-state index is 0.0785. The summed E-state index contributed by atoms with van der Waals surface area (Å²) in [6.07, 6.45) is 3.68. The fourth-order valence-corrected chi connectivity index (χ4v) is 4.19. The number of carbonyl (C=O) groups is 1. The molecule has 176 valence electrons. The van der Waals surface area contributed by atoms with Crippen LogP contribution in [0.1, 0.15) is 34.1 Å². The van der Waals surface area contributed by atoms with E-state index < -0.39 is 22.5 Å². The van der Waals surface area contributed by atoms with Gasteiger partial charge < -0.3 is 10.0 Å². The van der Waals surface area contributed by atoms with Gasteiger partial charge in [0.2, 0.25) is 0 Å². The predicted molar refractivity (Wildman–Crippen MR) is 136 cm³/mol. The second kappa shape index (κ2) is 9.30. The summed E-state index contributed by atoms with van der Waals surface area (Å²) in [5, 5.41) is 13.5. The minimum atomic E-state index is -1.77. The molecule has 0 saturated heterocycles. The molecule has 1 atom stereocenters. The van der Waals surface area contributed by atoms with E-state index in [4.69, 9.17) is 23.5 Å². The Morgan fingerprint density at radius 3 is 2.44 bits per heavy atom. The van der Waals surface area contributed by atoms with E-state index in [1.54, 1.807) is 31.4 Å². The zero-order valence-electron chi connectivity index (χ0n) is 20.0. The number of nitrogens with zero attached hydrogens (tertiary/aromatic N) is 4. The number of fused-ring (bicyclic) bond motifs is 1. The van der Waals surface area contributed by atoms with E-state index in [2.05, 4.69) is 10.1 Å². The average Bonchev–Trinajstić information content (AvgIpc) is 3.20. The quantitative estimate of drug-likeness (QED) is 0.326. The first-order valence-corrected chi connectivity index (χ1v) is 11.0. The third-order valence-corrected chi connectivity index (χ3v) is 6.16. The molecule has 4 rings (SSSR count). The van der Waals surface area contributed by atoms with Crippen molar-refractivity contribution in [3.8, 4) is 11.1 Å². The fourth-order valence-electron chi connectivity index (χ4n) is 4.19. The topological polar surface area (TPSA) is 71.2 Å². The summed E-state index contributed by atoms with van der Waals surface area (Å²) >= 11 is 0. The van der Waals surface area contributed by atoms with Crippen LogP contribution in [0.2, 0.25) is 0 Å². The van der Waals surface area contributed by atoms with E-state index >= 15 is 8.78 Å². The number of aliphatic hydroxyl groups is 1. The Labute approximate surface area is 211 Å². The molecule has 36 heavy (non-hydrogen) atoms. The lowest BCUT2D eigenvalue weighted by atomic mass is 9.58. The monoisotopic (exact) mass is 480 g/mol. The van der Waals surface area contributed by atoms with Crippen LogP contribution in [0.25, 0.3) is 22.0 Å². The van der Waals surface area contributed by atoms with E-state index in [0.717, 1.165) is 0 Å². The lowest BCUT2D eigenvalue weighted by Gasteiger charge is -2.37. The van der Waals surface area contributed by atoms with Crippen molar-refractivity contribution in [1.29, 1.82) is 0 Å². The Hall–Kier alpha value is -3.30. The molecular weight excluding hydrogens is 459 g/mol. The zero-order valence-corrected chi connectivity index (χ0v) is 20.0. The third-order valence-electron chi connectivity index (χ3n) is 6.16. The molecule has 11 heteroatoms. The van der Waals surface area contributed by atoms with Crippen LogP contribution in [0.15, 0.2) is 48.8 Å². The third kappa shape index (κ3) is 4.60. The van der Waals surface area contributed by atoms with Crippen LogP contribution < -0.4 is 0 Å². The van der Waals surface area contributed by atoms with Crippen molar-refractivity contribution in [2.45, 2.75) is 24.3 Å². The number of halogens is 2. The standard InChI is InChI=1S/C25H21B3F2N4O2/c1-24(26,36)19-7-6-16(17-12-34(3)32-22(17)19)15-9-20(29)18(21(30)10-15)11-33(2)25(27,28)23-14(13-35)5-4-8-31-23/h4-10,12-13,36H,11H2,1-3H3. The average molecular weight is 480 g/mol. The largest absolute Gasteiger partial charge is 0.395 e. The van der Waals surface area contributed by atoms with Gasteiger partial charge in [-0.05, 0) is 54.7 Å². The van der Waals surface area contributed by atoms with Crippen LogP contribution in [-0.4, -0.2) is 61.6 Å². The summed E-state index contributed by atoms with van der Waals surface area (Å²) in [5.41, 5.74) is -0.0613. The Morgan fingerprint density at radius 1 is 1.17 bits per heavy atom. The Bertz CT molecular complexity index is 1440. The van der Waals surface area contributed by atoms with Crippen LogP contribution in [0.3, 0.4) is 0 Å². The van der Waals surface area contributed by atoms with Gasteiger partial charge in [0.1, 0.15) is 19.5 Å². The number of hydrogen-bond acceptors (Lipinski definition) is 5. The van der Waals surface area contributed by atoms with Crippen molar-refractivity contribution in [1.82, 2.24) is 19.7 Å². The molecule has 2 heterocycles. The maximum Gasteiger partial charge on any atom is 0.151 e. The van der Waals surface area contributed by atoms with Gasteiger partial charge in [0.15, 0.2) is 6.29 Å². The van der Waals surface area contributed by atoms with Crippen molar-refractivity contribution < 1.29 is 18.7 Å². The number of aldehydes is 1. The minimum Gasteiger partial charge on any atom is -0.395 e. The molecule has 6 nitrogen and oxygen atoms in total. The Morgan fingerprint density at radius 2 is 1.83 bits per heavy atom. The van der Waals surface area contributed by atoms with Crippen LogP contribution in [0, 0.1) is 11.6 Å². The van der Waals surface area contributed by atoms with Crippen LogP contribution in [0.4, 0.5) is 8.78 Å². The molecule has 0 fully saturated rings. The molecule has 0 aliphatic carbocycles. The molecule has 6 radical (unpaired) electrons. The molecular formula is C25H21B3F2N4O2. The number of carbonyl (C=O) groups excluding carboxylic acids is 1. The van der Waals surface area contributed by atoms with E-state index in [0.29, 0.717) is 28.3 Å². The molecule has 0 aliphatic rings. The van der Waals surface area contributed by atoms with Gasteiger partial charge >= 0.3 is 0 Å². The second-order valence-corrected chi connectivity index (χ2v) is 9.03. The molecule has 0 bridgehead atoms. The van der Waals surface area contributed by atoms with E-state index in [9.17, 15) is 9.90 Å². The summed E-state index contributed by atoms with van der Waals surface area (Å²) in [4.78, 5) is 16.8. The van der Waals surface area contributed by atoms with Gasteiger partial charge in [0, 0.05) is 53.6 Å². The summed E-state index contributed by atoms with van der Waals surface area (Å²) < 4.78 is 32.1. The van der Waals surface area contributed by atoms with Crippen molar-refractivity contribution in [2.24, 2.45) is 7.05 Å². The second-order valence-electron chi connectivity index (χ2n) is 9.03. The van der Waals surface area contributed by atoms with Crippen LogP contribution >= 0.6 is 0 Å². The SMILES string of the molecule is [B]C(C)(O)c1ccc(-c2cc(F)c(CN(C)C([B])([B])c3ncccc3C=O)c(F)c2)c2cn(C)nc12. The number of rotatable bonds is 7. The first-order valence-electron chi connectivity index (χ1n) is 11.0. The number of aromatic nitrogens is 3. The van der Waals surface area contributed by atoms with Crippen molar-refractivity contribution in [3.05, 3.63) is 82.8 Å². The molecule has 0 aliphatic heterocycles. The van der Waals surface area contributed by atoms with Crippen molar-refractivity contribution in [3.63, 3.8) is 0 Å². The van der Waals surface area contributed by atoms with Gasteiger partial charge in [0.05, 0.1) is 26.9 Å². The predicted octanol–water partition coefficient (Wildman–Crippen LogP) is 2.64. The Balaban J connectivity index is 1.73. The molecule has 1 unspecified atom stereocenters.